The second-order valence-corrected chi connectivity index (χ2v) is 4.21. The van der Waals surface area contributed by atoms with Gasteiger partial charge >= 0.3 is 0 Å². The Morgan fingerprint density at radius 3 is 2.63 bits per heavy atom. The van der Waals surface area contributed by atoms with Gasteiger partial charge in [-0.1, -0.05) is 12.1 Å². The van der Waals surface area contributed by atoms with Crippen molar-refractivity contribution in [2.45, 2.75) is 6.54 Å². The predicted octanol–water partition coefficient (Wildman–Crippen LogP) is 1.58. The van der Waals surface area contributed by atoms with Crippen molar-refractivity contribution in [2.75, 3.05) is 0 Å². The molecule has 0 radical (unpaired) electrons. The first-order valence-corrected chi connectivity index (χ1v) is 5.89. The Morgan fingerprint density at radius 1 is 1.16 bits per heavy atom. The molecule has 0 fully saturated rings. The molecule has 2 heterocycles. The number of amides is 1. The molecule has 1 aromatic carbocycles. The van der Waals surface area contributed by atoms with E-state index in [-0.39, 0.29) is 6.54 Å². The molecule has 0 saturated carbocycles. The van der Waals surface area contributed by atoms with E-state index in [2.05, 4.69) is 9.97 Å². The molecule has 2 aromatic heterocycles. The van der Waals surface area contributed by atoms with E-state index in [4.69, 9.17) is 5.73 Å². The molecule has 3 rings (SSSR count). The van der Waals surface area contributed by atoms with Gasteiger partial charge in [0.05, 0.1) is 11.0 Å². The number of hydrogen-bond acceptors (Lipinski definition) is 3. The largest absolute Gasteiger partial charge is 0.368 e. The Hall–Kier alpha value is -2.69. The number of para-hydroxylation sites is 2. The summed E-state index contributed by atoms with van der Waals surface area (Å²) in [4.78, 5) is 19.8. The van der Waals surface area contributed by atoms with E-state index in [1.165, 1.54) is 0 Å². The van der Waals surface area contributed by atoms with E-state index in [0.29, 0.717) is 0 Å². The Bertz CT molecular complexity index is 734. The number of imidazole rings is 1. The number of carbonyl (C=O) groups is 1. The van der Waals surface area contributed by atoms with E-state index in [9.17, 15) is 4.79 Å². The van der Waals surface area contributed by atoms with Crippen molar-refractivity contribution in [1.82, 2.24) is 14.5 Å². The average Bonchev–Trinajstić information content (AvgIpc) is 2.78. The van der Waals surface area contributed by atoms with Crippen LogP contribution in [0.2, 0.25) is 0 Å². The zero-order valence-corrected chi connectivity index (χ0v) is 10.2. The maximum atomic E-state index is 11.3. The Kier molecular flexibility index (Phi) is 2.72. The maximum absolute atomic E-state index is 11.3. The van der Waals surface area contributed by atoms with E-state index < -0.39 is 5.91 Å². The number of primary amides is 1. The van der Waals surface area contributed by atoms with Gasteiger partial charge in [-0.15, -0.1) is 0 Å². The number of fused-ring (bicyclic) bond motifs is 1. The van der Waals surface area contributed by atoms with Crippen molar-refractivity contribution < 1.29 is 4.79 Å². The fraction of sp³-hybridized carbons (Fsp3) is 0.0714. The van der Waals surface area contributed by atoms with Crippen LogP contribution in [0.1, 0.15) is 0 Å². The van der Waals surface area contributed by atoms with E-state index in [0.717, 1.165) is 22.4 Å². The maximum Gasteiger partial charge on any atom is 0.237 e. The summed E-state index contributed by atoms with van der Waals surface area (Å²) in [5.41, 5.74) is 7.97. The quantitative estimate of drug-likeness (QED) is 0.769. The highest BCUT2D eigenvalue weighted by molar-refractivity contribution is 5.83. The highest BCUT2D eigenvalue weighted by atomic mass is 16.1. The number of nitrogens with zero attached hydrogens (tertiary/aromatic N) is 3. The van der Waals surface area contributed by atoms with E-state index in [1.807, 2.05) is 41.0 Å². The molecule has 3 aromatic rings. The van der Waals surface area contributed by atoms with Crippen molar-refractivity contribution in [1.29, 1.82) is 0 Å². The molecule has 2 N–H and O–H groups in total. The summed E-state index contributed by atoms with van der Waals surface area (Å²) in [5.74, 6) is 0.334. The third-order valence-electron chi connectivity index (χ3n) is 2.91. The van der Waals surface area contributed by atoms with Crippen LogP contribution in [0, 0.1) is 0 Å². The number of pyridine rings is 1. The minimum absolute atomic E-state index is 0.109. The monoisotopic (exact) mass is 252 g/mol. The van der Waals surface area contributed by atoms with Gasteiger partial charge < -0.3 is 10.3 Å². The second kappa shape index (κ2) is 4.53. The van der Waals surface area contributed by atoms with Crippen LogP contribution in [0.5, 0.6) is 0 Å². The Balaban J connectivity index is 2.26. The topological polar surface area (TPSA) is 73.8 Å². The molecule has 94 valence electrons. The minimum atomic E-state index is -0.390. The highest BCUT2D eigenvalue weighted by Gasteiger charge is 2.13. The first-order valence-electron chi connectivity index (χ1n) is 5.89. The van der Waals surface area contributed by atoms with Crippen molar-refractivity contribution in [3.63, 3.8) is 0 Å². The van der Waals surface area contributed by atoms with Crippen LogP contribution in [0.25, 0.3) is 22.4 Å². The smallest absolute Gasteiger partial charge is 0.237 e. The molecule has 5 heteroatoms. The predicted molar refractivity (Wildman–Crippen MR) is 72.2 cm³/mol. The molecule has 5 nitrogen and oxygen atoms in total. The van der Waals surface area contributed by atoms with Crippen molar-refractivity contribution >= 4 is 16.9 Å². The van der Waals surface area contributed by atoms with Crippen LogP contribution in [0.15, 0.2) is 48.8 Å². The number of benzene rings is 1. The molecule has 0 aliphatic heterocycles. The fourth-order valence-corrected chi connectivity index (χ4v) is 2.11. The van der Waals surface area contributed by atoms with Gasteiger partial charge in [0.2, 0.25) is 5.91 Å². The number of nitrogens with two attached hydrogens (primary N) is 1. The molecule has 0 aliphatic carbocycles. The lowest BCUT2D eigenvalue weighted by Gasteiger charge is -2.06. The standard InChI is InChI=1S/C14H12N4O/c15-13(19)9-18-12-4-2-1-3-11(12)17-14(18)10-5-7-16-8-6-10/h1-8H,9H2,(H2,15,19). The van der Waals surface area contributed by atoms with Crippen LogP contribution in [0.3, 0.4) is 0 Å². The van der Waals surface area contributed by atoms with Gasteiger partial charge in [-0.2, -0.15) is 0 Å². The summed E-state index contributed by atoms with van der Waals surface area (Å²) >= 11 is 0. The summed E-state index contributed by atoms with van der Waals surface area (Å²) in [5, 5.41) is 0. The minimum Gasteiger partial charge on any atom is -0.368 e. The van der Waals surface area contributed by atoms with Gasteiger partial charge in [0.25, 0.3) is 0 Å². The van der Waals surface area contributed by atoms with Crippen molar-refractivity contribution in [3.8, 4) is 11.4 Å². The number of hydrogen-bond donors (Lipinski definition) is 1. The molecule has 0 unspecified atom stereocenters. The lowest BCUT2D eigenvalue weighted by molar-refractivity contribution is -0.118. The normalized spacial score (nSPS) is 10.7. The van der Waals surface area contributed by atoms with Crippen LogP contribution < -0.4 is 5.73 Å². The van der Waals surface area contributed by atoms with Gasteiger partial charge in [0, 0.05) is 18.0 Å². The Labute approximate surface area is 109 Å². The van der Waals surface area contributed by atoms with Gasteiger partial charge in [-0.05, 0) is 24.3 Å². The number of aromatic nitrogens is 3. The second-order valence-electron chi connectivity index (χ2n) is 4.21. The third-order valence-corrected chi connectivity index (χ3v) is 2.91. The van der Waals surface area contributed by atoms with Gasteiger partial charge in [-0.25, -0.2) is 4.98 Å². The van der Waals surface area contributed by atoms with Crippen LogP contribution >= 0.6 is 0 Å². The summed E-state index contributed by atoms with van der Waals surface area (Å²) < 4.78 is 1.83. The summed E-state index contributed by atoms with van der Waals surface area (Å²) in [7, 11) is 0. The lowest BCUT2D eigenvalue weighted by Crippen LogP contribution is -2.19. The molecule has 0 atom stereocenters. The first kappa shape index (κ1) is 11.4. The van der Waals surface area contributed by atoms with E-state index >= 15 is 0 Å². The van der Waals surface area contributed by atoms with Crippen molar-refractivity contribution in [3.05, 3.63) is 48.8 Å². The Morgan fingerprint density at radius 2 is 1.89 bits per heavy atom. The molecule has 0 spiro atoms. The molecule has 0 bridgehead atoms. The van der Waals surface area contributed by atoms with E-state index in [1.54, 1.807) is 12.4 Å². The number of rotatable bonds is 3. The molecular weight excluding hydrogens is 240 g/mol. The molecule has 19 heavy (non-hydrogen) atoms. The summed E-state index contributed by atoms with van der Waals surface area (Å²) in [6.07, 6.45) is 3.40. The van der Waals surface area contributed by atoms with Crippen LogP contribution in [-0.2, 0) is 11.3 Å². The summed E-state index contributed by atoms with van der Waals surface area (Å²) in [6, 6.07) is 11.4. The lowest BCUT2D eigenvalue weighted by atomic mass is 10.2. The zero-order chi connectivity index (χ0) is 13.2. The fourth-order valence-electron chi connectivity index (χ4n) is 2.11. The average molecular weight is 252 g/mol. The zero-order valence-electron chi connectivity index (χ0n) is 10.2. The highest BCUT2D eigenvalue weighted by Crippen LogP contribution is 2.23. The first-order chi connectivity index (χ1) is 9.25. The van der Waals surface area contributed by atoms with Crippen LogP contribution in [0.4, 0.5) is 0 Å². The molecule has 1 amide bonds. The summed E-state index contributed by atoms with van der Waals surface area (Å²) in [6.45, 7) is 0.109. The molecule has 0 saturated heterocycles. The third kappa shape index (κ3) is 2.06. The van der Waals surface area contributed by atoms with Gasteiger partial charge in [-0.3, -0.25) is 9.78 Å². The van der Waals surface area contributed by atoms with Crippen molar-refractivity contribution in [2.24, 2.45) is 5.73 Å². The van der Waals surface area contributed by atoms with Crippen LogP contribution in [-0.4, -0.2) is 20.4 Å². The molecular formula is C14H12N4O. The number of carbonyl (C=O) groups excluding carboxylic acids is 1. The molecule has 0 aliphatic rings. The SMILES string of the molecule is NC(=O)Cn1c(-c2ccncc2)nc2ccccc21. The van der Waals surface area contributed by atoms with Gasteiger partial charge in [0.1, 0.15) is 12.4 Å². The van der Waals surface area contributed by atoms with Gasteiger partial charge in [0.15, 0.2) is 0 Å².